The van der Waals surface area contributed by atoms with Crippen LogP contribution in [0.5, 0.6) is 0 Å². The minimum absolute atomic E-state index is 0.221. The van der Waals surface area contributed by atoms with Gasteiger partial charge in [-0.2, -0.15) is 0 Å². The highest BCUT2D eigenvalue weighted by Gasteiger charge is 2.17. The molecular weight excluding hydrogens is 240 g/mol. The number of sulfone groups is 1. The van der Waals surface area contributed by atoms with E-state index in [4.69, 9.17) is 4.74 Å². The molecule has 0 amide bonds. The van der Waals surface area contributed by atoms with Crippen LogP contribution in [0.3, 0.4) is 0 Å². The molecular formula is C11H24N2O3S. The number of hydrogen-bond donors (Lipinski definition) is 1. The van der Waals surface area contributed by atoms with E-state index in [0.29, 0.717) is 12.6 Å². The summed E-state index contributed by atoms with van der Waals surface area (Å²) in [6, 6.07) is 0. The Kier molecular flexibility index (Phi) is 6.40. The van der Waals surface area contributed by atoms with Crippen LogP contribution in [-0.2, 0) is 14.6 Å². The van der Waals surface area contributed by atoms with Gasteiger partial charge < -0.3 is 15.0 Å². The highest BCUT2D eigenvalue weighted by atomic mass is 32.2. The fraction of sp³-hybridized carbons (Fsp3) is 1.00. The van der Waals surface area contributed by atoms with Gasteiger partial charge in [-0.25, -0.2) is 8.42 Å². The van der Waals surface area contributed by atoms with E-state index in [-0.39, 0.29) is 5.75 Å². The summed E-state index contributed by atoms with van der Waals surface area (Å²) in [5, 5.41) is 3.16. The predicted octanol–water partition coefficient (Wildman–Crippen LogP) is -0.269. The second-order valence-electron chi connectivity index (χ2n) is 4.66. The summed E-state index contributed by atoms with van der Waals surface area (Å²) in [6.45, 7) is 4.54. The Morgan fingerprint density at radius 2 is 1.94 bits per heavy atom. The Morgan fingerprint density at radius 1 is 1.29 bits per heavy atom. The molecule has 0 saturated carbocycles. The average Bonchev–Trinajstić information content (AvgIpc) is 2.28. The van der Waals surface area contributed by atoms with Crippen molar-refractivity contribution in [3.05, 3.63) is 0 Å². The summed E-state index contributed by atoms with van der Waals surface area (Å²) in [5.74, 6) is 0.221. The van der Waals surface area contributed by atoms with Crippen molar-refractivity contribution in [2.24, 2.45) is 0 Å². The molecule has 0 aromatic carbocycles. The second kappa shape index (κ2) is 7.31. The van der Waals surface area contributed by atoms with Gasteiger partial charge in [-0.15, -0.1) is 0 Å². The van der Waals surface area contributed by atoms with Crippen molar-refractivity contribution >= 4 is 9.84 Å². The summed E-state index contributed by atoms with van der Waals surface area (Å²) >= 11 is 0. The van der Waals surface area contributed by atoms with Crippen LogP contribution in [0, 0.1) is 0 Å². The Labute approximate surface area is 104 Å². The summed E-state index contributed by atoms with van der Waals surface area (Å²) in [7, 11) is -1.06. The van der Waals surface area contributed by atoms with Crippen molar-refractivity contribution in [1.82, 2.24) is 10.2 Å². The molecule has 1 saturated heterocycles. The Balaban J connectivity index is 2.01. The fourth-order valence-corrected chi connectivity index (χ4v) is 2.50. The van der Waals surface area contributed by atoms with Crippen LogP contribution in [0.25, 0.3) is 0 Å². The zero-order valence-corrected chi connectivity index (χ0v) is 11.6. The maximum absolute atomic E-state index is 10.9. The molecule has 17 heavy (non-hydrogen) atoms. The zero-order valence-electron chi connectivity index (χ0n) is 10.8. The van der Waals surface area contributed by atoms with Crippen LogP contribution in [0.1, 0.15) is 12.8 Å². The SMILES string of the molecule is COC1CCN(CCNCCS(C)(=O)=O)CC1. The predicted molar refractivity (Wildman–Crippen MR) is 69.1 cm³/mol. The topological polar surface area (TPSA) is 58.6 Å². The van der Waals surface area contributed by atoms with Crippen LogP contribution in [0.4, 0.5) is 0 Å². The smallest absolute Gasteiger partial charge is 0.148 e. The molecule has 0 unspecified atom stereocenters. The van der Waals surface area contributed by atoms with Crippen molar-refractivity contribution < 1.29 is 13.2 Å². The molecule has 0 atom stereocenters. The van der Waals surface area contributed by atoms with E-state index in [1.165, 1.54) is 6.26 Å². The first-order chi connectivity index (χ1) is 8.01. The molecule has 0 bridgehead atoms. The fourth-order valence-electron chi connectivity index (χ4n) is 1.99. The lowest BCUT2D eigenvalue weighted by Crippen LogP contribution is -2.40. The van der Waals surface area contributed by atoms with Gasteiger partial charge in [0, 0.05) is 46.1 Å². The first kappa shape index (κ1) is 14.9. The van der Waals surface area contributed by atoms with Gasteiger partial charge in [0.2, 0.25) is 0 Å². The van der Waals surface area contributed by atoms with E-state index in [9.17, 15) is 8.42 Å². The first-order valence-corrected chi connectivity index (χ1v) is 8.21. The van der Waals surface area contributed by atoms with Gasteiger partial charge in [0.25, 0.3) is 0 Å². The third kappa shape index (κ3) is 6.98. The van der Waals surface area contributed by atoms with Crippen LogP contribution >= 0.6 is 0 Å². The summed E-state index contributed by atoms with van der Waals surface area (Å²) in [5.41, 5.74) is 0. The molecule has 1 fully saturated rings. The monoisotopic (exact) mass is 264 g/mol. The normalized spacial score (nSPS) is 19.6. The summed E-state index contributed by atoms with van der Waals surface area (Å²) < 4.78 is 27.1. The molecule has 6 heteroatoms. The minimum Gasteiger partial charge on any atom is -0.381 e. The van der Waals surface area contributed by atoms with Crippen molar-refractivity contribution in [3.8, 4) is 0 Å². The Bertz CT molecular complexity index is 298. The summed E-state index contributed by atoms with van der Waals surface area (Å²) in [4.78, 5) is 2.39. The van der Waals surface area contributed by atoms with E-state index >= 15 is 0 Å². The molecule has 0 radical (unpaired) electrons. The highest BCUT2D eigenvalue weighted by molar-refractivity contribution is 7.90. The van der Waals surface area contributed by atoms with Gasteiger partial charge in [-0.05, 0) is 12.8 Å². The molecule has 1 N–H and O–H groups in total. The van der Waals surface area contributed by atoms with Gasteiger partial charge in [0.1, 0.15) is 9.84 Å². The second-order valence-corrected chi connectivity index (χ2v) is 6.92. The van der Waals surface area contributed by atoms with Crippen LogP contribution in [-0.4, -0.2) is 71.3 Å². The van der Waals surface area contributed by atoms with E-state index < -0.39 is 9.84 Å². The number of nitrogens with one attached hydrogen (secondary N) is 1. The number of hydrogen-bond acceptors (Lipinski definition) is 5. The molecule has 102 valence electrons. The van der Waals surface area contributed by atoms with Gasteiger partial charge in [0.15, 0.2) is 0 Å². The molecule has 1 rings (SSSR count). The van der Waals surface area contributed by atoms with Crippen LogP contribution in [0.2, 0.25) is 0 Å². The highest BCUT2D eigenvalue weighted by Crippen LogP contribution is 2.11. The van der Waals surface area contributed by atoms with Crippen molar-refractivity contribution in [2.75, 3.05) is 51.8 Å². The van der Waals surface area contributed by atoms with E-state index in [0.717, 1.165) is 39.0 Å². The molecule has 0 aromatic rings. The first-order valence-electron chi connectivity index (χ1n) is 6.15. The molecule has 0 aromatic heterocycles. The van der Waals surface area contributed by atoms with Crippen molar-refractivity contribution in [1.29, 1.82) is 0 Å². The maximum atomic E-state index is 10.9. The van der Waals surface area contributed by atoms with E-state index in [2.05, 4.69) is 10.2 Å². The molecule has 1 aliphatic heterocycles. The van der Waals surface area contributed by atoms with Gasteiger partial charge in [0.05, 0.1) is 11.9 Å². The van der Waals surface area contributed by atoms with Crippen LogP contribution in [0.15, 0.2) is 0 Å². The average molecular weight is 264 g/mol. The largest absolute Gasteiger partial charge is 0.381 e. The van der Waals surface area contributed by atoms with Crippen molar-refractivity contribution in [2.45, 2.75) is 18.9 Å². The van der Waals surface area contributed by atoms with E-state index in [1.807, 2.05) is 0 Å². The third-order valence-electron chi connectivity index (χ3n) is 3.12. The molecule has 1 aliphatic rings. The number of ether oxygens (including phenoxy) is 1. The van der Waals surface area contributed by atoms with Crippen LogP contribution < -0.4 is 5.32 Å². The van der Waals surface area contributed by atoms with Gasteiger partial charge in [-0.1, -0.05) is 0 Å². The number of rotatable bonds is 7. The maximum Gasteiger partial charge on any atom is 0.148 e. The van der Waals surface area contributed by atoms with Crippen molar-refractivity contribution in [3.63, 3.8) is 0 Å². The minimum atomic E-state index is -2.83. The quantitative estimate of drug-likeness (QED) is 0.642. The lowest BCUT2D eigenvalue weighted by Gasteiger charge is -2.31. The lowest BCUT2D eigenvalue weighted by atomic mass is 10.1. The zero-order chi connectivity index (χ0) is 12.7. The Hall–Kier alpha value is -0.170. The Morgan fingerprint density at radius 3 is 2.47 bits per heavy atom. The van der Waals surface area contributed by atoms with Gasteiger partial charge >= 0.3 is 0 Å². The van der Waals surface area contributed by atoms with Gasteiger partial charge in [-0.3, -0.25) is 0 Å². The molecule has 5 nitrogen and oxygen atoms in total. The number of piperidine rings is 1. The molecule has 0 aliphatic carbocycles. The number of likely N-dealkylation sites (tertiary alicyclic amines) is 1. The number of methoxy groups -OCH3 is 1. The molecule has 0 spiro atoms. The number of nitrogens with zero attached hydrogens (tertiary/aromatic N) is 1. The lowest BCUT2D eigenvalue weighted by molar-refractivity contribution is 0.0415. The van der Waals surface area contributed by atoms with E-state index in [1.54, 1.807) is 7.11 Å². The summed E-state index contributed by atoms with van der Waals surface area (Å²) in [6.07, 6.45) is 3.88. The third-order valence-corrected chi connectivity index (χ3v) is 4.07. The standard InChI is InChI=1S/C11H24N2O3S/c1-16-11-3-7-13(8-4-11)9-5-12-6-10-17(2,14)15/h11-12H,3-10H2,1-2H3. The molecule has 1 heterocycles.